The lowest BCUT2D eigenvalue weighted by Crippen LogP contribution is -2.51. The average Bonchev–Trinajstić information content (AvgIpc) is 3.34. The summed E-state index contributed by atoms with van der Waals surface area (Å²) in [5, 5.41) is 11.5. The molecule has 5 atom stereocenters. The van der Waals surface area contributed by atoms with Gasteiger partial charge in [0, 0.05) is 12.1 Å². The number of carbonyl (C=O) groups excluding carboxylic acids is 3. The number of ether oxygens (including phenoxy) is 2. The van der Waals surface area contributed by atoms with Crippen LogP contribution in [0.1, 0.15) is 31.4 Å². The van der Waals surface area contributed by atoms with Gasteiger partial charge in [0.05, 0.1) is 40.3 Å². The van der Waals surface area contributed by atoms with Gasteiger partial charge in [0.15, 0.2) is 0 Å². The number of rotatable bonds is 3. The molecule has 192 valence electrons. The second-order valence-corrected chi connectivity index (χ2v) is 9.64. The Hall–Kier alpha value is -3.98. The van der Waals surface area contributed by atoms with Crippen LogP contribution in [0.5, 0.6) is 0 Å². The molecule has 3 aliphatic rings. The first-order chi connectivity index (χ1) is 17.3. The third kappa shape index (κ3) is 3.72. The first kappa shape index (κ1) is 24.7. The molecule has 2 aromatic carbocycles. The lowest BCUT2D eigenvalue weighted by atomic mass is 9.67. The molecule has 3 fully saturated rings. The van der Waals surface area contributed by atoms with Crippen molar-refractivity contribution in [3.05, 3.63) is 59.4 Å². The number of alkyl halides is 3. The summed E-state index contributed by atoms with van der Waals surface area (Å²) in [6.07, 6.45) is -6.65. The van der Waals surface area contributed by atoms with Crippen molar-refractivity contribution in [1.82, 2.24) is 0 Å². The second-order valence-electron chi connectivity index (χ2n) is 9.64. The predicted octanol–water partition coefficient (Wildman–Crippen LogP) is 4.39. The Kier molecular flexibility index (Phi) is 5.35. The van der Waals surface area contributed by atoms with Crippen LogP contribution in [0.25, 0.3) is 0 Å². The normalized spacial score (nSPS) is 30.3. The van der Waals surface area contributed by atoms with E-state index in [1.54, 1.807) is 6.92 Å². The summed E-state index contributed by atoms with van der Waals surface area (Å²) in [5.41, 5.74) is -4.60. The summed E-state index contributed by atoms with van der Waals surface area (Å²) < 4.78 is 65.2. The van der Waals surface area contributed by atoms with Crippen LogP contribution >= 0.6 is 0 Å². The molecule has 3 heterocycles. The fourth-order valence-electron chi connectivity index (χ4n) is 5.72. The van der Waals surface area contributed by atoms with Crippen LogP contribution in [0.2, 0.25) is 0 Å². The smallest absolute Gasteiger partial charge is 0.417 e. The molecule has 1 N–H and O–H groups in total. The molecule has 5 rings (SSSR count). The van der Waals surface area contributed by atoms with Gasteiger partial charge < -0.3 is 9.47 Å². The van der Waals surface area contributed by atoms with Crippen LogP contribution in [-0.4, -0.2) is 35.2 Å². The molecular weight excluding hydrogens is 498 g/mol. The van der Waals surface area contributed by atoms with Gasteiger partial charge in [-0.25, -0.2) is 14.1 Å². The van der Waals surface area contributed by atoms with Gasteiger partial charge in [-0.15, -0.1) is 0 Å². The monoisotopic (exact) mass is 517 g/mol. The van der Waals surface area contributed by atoms with Crippen molar-refractivity contribution in [2.24, 2.45) is 11.8 Å². The van der Waals surface area contributed by atoms with Crippen molar-refractivity contribution in [2.75, 3.05) is 10.2 Å². The number of benzene rings is 2. The minimum absolute atomic E-state index is 0.0650. The van der Waals surface area contributed by atoms with Gasteiger partial charge in [0.25, 0.3) is 0 Å². The summed E-state index contributed by atoms with van der Waals surface area (Å²) in [5.74, 6) is -4.13. The molecule has 0 spiro atoms. The summed E-state index contributed by atoms with van der Waals surface area (Å²) >= 11 is 0. The number of nitriles is 1. The number of fused-ring (bicyclic) bond motifs is 5. The molecule has 0 saturated carbocycles. The number of anilines is 2. The number of hydrogen-bond acceptors (Lipinski definition) is 6. The molecule has 3 amide bonds. The van der Waals surface area contributed by atoms with Crippen LogP contribution < -0.4 is 10.2 Å². The predicted molar refractivity (Wildman–Crippen MR) is 118 cm³/mol. The van der Waals surface area contributed by atoms with Crippen molar-refractivity contribution in [3.8, 4) is 6.07 Å². The summed E-state index contributed by atoms with van der Waals surface area (Å²) in [7, 11) is 0. The minimum Gasteiger partial charge on any atom is -0.443 e. The van der Waals surface area contributed by atoms with E-state index in [0.29, 0.717) is 11.0 Å². The molecule has 8 nitrogen and oxygen atoms in total. The molecule has 2 aromatic rings. The number of imide groups is 1. The van der Waals surface area contributed by atoms with Crippen LogP contribution in [0.3, 0.4) is 0 Å². The van der Waals surface area contributed by atoms with E-state index in [4.69, 9.17) is 14.7 Å². The van der Waals surface area contributed by atoms with E-state index in [1.807, 2.05) is 0 Å². The van der Waals surface area contributed by atoms with Gasteiger partial charge in [0.1, 0.15) is 17.5 Å². The standard InChI is InChI=1S/C25H19F4N3O5/c1-23-10-17(36-22(35)31-14-6-4-13(26)5-7-14)24(2,37-23)19-18(23)20(33)32(21(19)34)15-8-3-12(11-30)16(9-15)25(27,28)29/h3-9,17-19H,10H2,1-2H3,(H,31,35)/t17-,18-,19+,23?,24?/m1/s1. The first-order valence-electron chi connectivity index (χ1n) is 11.2. The topological polar surface area (TPSA) is 109 Å². The SMILES string of the molecule is CC12C[C@@H](OC(=O)Nc3ccc(F)cc3)C(C)(O1)[C@@H]1C(=O)N(c3ccc(C#N)c(C(F)(F)F)c3)C(=O)[C@@H]12. The van der Waals surface area contributed by atoms with E-state index in [-0.39, 0.29) is 17.8 Å². The Bertz CT molecular complexity index is 1370. The average molecular weight is 517 g/mol. The first-order valence-corrected chi connectivity index (χ1v) is 11.2. The number of nitrogens with zero attached hydrogens (tertiary/aromatic N) is 2. The van der Waals surface area contributed by atoms with Crippen molar-refractivity contribution in [1.29, 1.82) is 5.26 Å². The van der Waals surface area contributed by atoms with Gasteiger partial charge in [-0.2, -0.15) is 18.4 Å². The van der Waals surface area contributed by atoms with E-state index < -0.39 is 70.2 Å². The Labute approximate surface area is 207 Å². The number of carbonyl (C=O) groups is 3. The molecule has 2 unspecified atom stereocenters. The van der Waals surface area contributed by atoms with E-state index >= 15 is 0 Å². The molecule has 37 heavy (non-hydrogen) atoms. The number of nitrogens with one attached hydrogen (secondary N) is 1. The molecule has 12 heteroatoms. The molecular formula is C25H19F4N3O5. The number of halogens is 4. The summed E-state index contributed by atoms with van der Waals surface area (Å²) in [6.45, 7) is 3.11. The molecule has 3 aliphatic heterocycles. The lowest BCUT2D eigenvalue weighted by molar-refractivity contribution is -0.138. The van der Waals surface area contributed by atoms with Crippen LogP contribution in [-0.2, 0) is 25.2 Å². The summed E-state index contributed by atoms with van der Waals surface area (Å²) in [6, 6.07) is 9.04. The summed E-state index contributed by atoms with van der Waals surface area (Å²) in [4.78, 5) is 40.1. The minimum atomic E-state index is -4.88. The highest BCUT2D eigenvalue weighted by atomic mass is 19.4. The largest absolute Gasteiger partial charge is 0.443 e. The zero-order valence-corrected chi connectivity index (χ0v) is 19.4. The van der Waals surface area contributed by atoms with Crippen molar-refractivity contribution in [2.45, 2.75) is 43.8 Å². The second kappa shape index (κ2) is 8.01. The maximum Gasteiger partial charge on any atom is 0.417 e. The van der Waals surface area contributed by atoms with Gasteiger partial charge >= 0.3 is 12.3 Å². The highest BCUT2D eigenvalue weighted by Gasteiger charge is 2.77. The van der Waals surface area contributed by atoms with Crippen LogP contribution in [0.4, 0.5) is 33.7 Å². The molecule has 0 radical (unpaired) electrons. The Morgan fingerprint density at radius 3 is 2.41 bits per heavy atom. The molecule has 3 saturated heterocycles. The van der Waals surface area contributed by atoms with Crippen molar-refractivity contribution in [3.63, 3.8) is 0 Å². The van der Waals surface area contributed by atoms with E-state index in [1.165, 1.54) is 25.1 Å². The zero-order valence-electron chi connectivity index (χ0n) is 19.4. The third-order valence-corrected chi connectivity index (χ3v) is 7.29. The van der Waals surface area contributed by atoms with Crippen LogP contribution in [0.15, 0.2) is 42.5 Å². The highest BCUT2D eigenvalue weighted by molar-refractivity contribution is 6.23. The maximum atomic E-state index is 13.5. The third-order valence-electron chi connectivity index (χ3n) is 7.29. The zero-order chi connectivity index (χ0) is 26.9. The van der Waals surface area contributed by atoms with Gasteiger partial charge in [0.2, 0.25) is 11.8 Å². The number of hydrogen-bond donors (Lipinski definition) is 1. The molecule has 0 aromatic heterocycles. The Balaban J connectivity index is 1.42. The maximum absolute atomic E-state index is 13.5. The van der Waals surface area contributed by atoms with Crippen molar-refractivity contribution < 1.29 is 41.4 Å². The Morgan fingerprint density at radius 1 is 1.14 bits per heavy atom. The van der Waals surface area contributed by atoms with Gasteiger partial charge in [-0.05, 0) is 56.3 Å². The quantitative estimate of drug-likeness (QED) is 0.478. The van der Waals surface area contributed by atoms with Crippen LogP contribution in [0, 0.1) is 29.0 Å². The lowest BCUT2D eigenvalue weighted by Gasteiger charge is -2.34. The molecule has 0 aliphatic carbocycles. The van der Waals surface area contributed by atoms with E-state index in [0.717, 1.165) is 24.3 Å². The van der Waals surface area contributed by atoms with Gasteiger partial charge in [-0.3, -0.25) is 14.9 Å². The fraction of sp³-hybridized carbons (Fsp3) is 0.360. The van der Waals surface area contributed by atoms with Gasteiger partial charge in [-0.1, -0.05) is 0 Å². The van der Waals surface area contributed by atoms with E-state index in [2.05, 4.69) is 5.32 Å². The molecule has 2 bridgehead atoms. The van der Waals surface area contributed by atoms with Crippen molar-refractivity contribution >= 4 is 29.3 Å². The Morgan fingerprint density at radius 2 is 1.78 bits per heavy atom. The number of amides is 3. The van der Waals surface area contributed by atoms with E-state index in [9.17, 15) is 31.9 Å². The fourth-order valence-corrected chi connectivity index (χ4v) is 5.72. The highest BCUT2D eigenvalue weighted by Crippen LogP contribution is 2.61.